The number of benzene rings is 1. The normalized spacial score (nSPS) is 10.2. The minimum absolute atomic E-state index is 0.281. The number of halogens is 1. The lowest BCUT2D eigenvalue weighted by molar-refractivity contribution is 0.0784. The van der Waals surface area contributed by atoms with Gasteiger partial charge in [-0.25, -0.2) is 4.39 Å². The summed E-state index contributed by atoms with van der Waals surface area (Å²) in [6, 6.07) is 8.83. The molecule has 0 fully saturated rings. The van der Waals surface area contributed by atoms with E-state index in [1.165, 1.54) is 35.4 Å². The van der Waals surface area contributed by atoms with Crippen molar-refractivity contribution in [2.24, 2.45) is 0 Å². The highest BCUT2D eigenvalue weighted by Crippen LogP contribution is 2.08. The molecule has 1 aromatic carbocycles. The first-order valence-electron chi connectivity index (χ1n) is 5.75. The van der Waals surface area contributed by atoms with Crippen LogP contribution in [0, 0.1) is 5.82 Å². The summed E-state index contributed by atoms with van der Waals surface area (Å²) in [5.41, 5.74) is 0.674. The fraction of sp³-hybridized carbons (Fsp3) is 0.143. The van der Waals surface area contributed by atoms with Gasteiger partial charge in [0.1, 0.15) is 5.82 Å². The number of aromatic nitrogens is 1. The fourth-order valence-electron chi connectivity index (χ4n) is 1.78. The lowest BCUT2D eigenvalue weighted by atomic mass is 10.2. The quantitative estimate of drug-likeness (QED) is 0.914. The molecule has 2 aromatic rings. The highest BCUT2D eigenvalue weighted by molar-refractivity contribution is 5.93. The maximum Gasteiger partial charge on any atom is 0.254 e. The van der Waals surface area contributed by atoms with E-state index in [4.69, 9.17) is 0 Å². The summed E-state index contributed by atoms with van der Waals surface area (Å²) in [5, 5.41) is 0. The number of nitrogens with zero attached hydrogens (tertiary/aromatic N) is 1. The second-order valence-corrected chi connectivity index (χ2v) is 4.23. The standard InChI is InChI=1S/C14H13FN2O2/c1-17(9-10-3-2-4-12(15)7-10)14(19)11-5-6-16-13(18)8-11/h2-8H,9H2,1H3,(H,16,18). The van der Waals surface area contributed by atoms with Gasteiger partial charge in [0.25, 0.3) is 5.91 Å². The number of nitrogens with one attached hydrogen (secondary N) is 1. The Labute approximate surface area is 109 Å². The zero-order valence-corrected chi connectivity index (χ0v) is 10.4. The van der Waals surface area contributed by atoms with Crippen LogP contribution in [0.3, 0.4) is 0 Å². The average molecular weight is 260 g/mol. The minimum atomic E-state index is -0.338. The first-order valence-corrected chi connectivity index (χ1v) is 5.75. The molecule has 0 unspecified atom stereocenters. The van der Waals surface area contributed by atoms with Crippen molar-refractivity contribution >= 4 is 5.91 Å². The van der Waals surface area contributed by atoms with Gasteiger partial charge in [-0.3, -0.25) is 9.59 Å². The molecule has 0 aliphatic heterocycles. The van der Waals surface area contributed by atoms with E-state index in [0.717, 1.165) is 0 Å². The summed E-state index contributed by atoms with van der Waals surface area (Å²) in [6.45, 7) is 0.281. The van der Waals surface area contributed by atoms with Gasteiger partial charge >= 0.3 is 0 Å². The number of hydrogen-bond acceptors (Lipinski definition) is 2. The van der Waals surface area contributed by atoms with E-state index in [2.05, 4.69) is 4.98 Å². The van der Waals surface area contributed by atoms with Crippen LogP contribution in [0.1, 0.15) is 15.9 Å². The molecule has 0 saturated carbocycles. The minimum Gasteiger partial charge on any atom is -0.337 e. The van der Waals surface area contributed by atoms with E-state index >= 15 is 0 Å². The second kappa shape index (κ2) is 5.48. The molecule has 2 rings (SSSR count). The third kappa shape index (κ3) is 3.28. The molecular weight excluding hydrogens is 247 g/mol. The van der Waals surface area contributed by atoms with E-state index in [9.17, 15) is 14.0 Å². The number of H-pyrrole nitrogens is 1. The fourth-order valence-corrected chi connectivity index (χ4v) is 1.78. The number of pyridine rings is 1. The SMILES string of the molecule is CN(Cc1cccc(F)c1)C(=O)c1cc[nH]c(=O)c1. The Morgan fingerprint density at radius 2 is 2.11 bits per heavy atom. The van der Waals surface area contributed by atoms with E-state index in [0.29, 0.717) is 11.1 Å². The van der Waals surface area contributed by atoms with Crippen molar-refractivity contribution in [3.05, 3.63) is 69.9 Å². The molecule has 1 heterocycles. The maximum atomic E-state index is 13.0. The van der Waals surface area contributed by atoms with Crippen molar-refractivity contribution in [1.82, 2.24) is 9.88 Å². The molecule has 0 aliphatic rings. The summed E-state index contributed by atoms with van der Waals surface area (Å²) in [6.07, 6.45) is 1.42. The van der Waals surface area contributed by atoms with Crippen molar-refractivity contribution in [3.63, 3.8) is 0 Å². The lowest BCUT2D eigenvalue weighted by Gasteiger charge is -2.17. The summed E-state index contributed by atoms with van der Waals surface area (Å²) in [7, 11) is 1.61. The van der Waals surface area contributed by atoms with Crippen LogP contribution in [0.5, 0.6) is 0 Å². The monoisotopic (exact) mass is 260 g/mol. The topological polar surface area (TPSA) is 53.2 Å². The van der Waals surface area contributed by atoms with Gasteiger partial charge in [-0.1, -0.05) is 12.1 Å². The summed E-state index contributed by atoms with van der Waals surface area (Å²) in [4.78, 5) is 27.1. The number of aromatic amines is 1. The maximum absolute atomic E-state index is 13.0. The van der Waals surface area contributed by atoms with Crippen molar-refractivity contribution in [2.45, 2.75) is 6.54 Å². The molecule has 1 N–H and O–H groups in total. The van der Waals surface area contributed by atoms with E-state index in [1.807, 2.05) is 0 Å². The van der Waals surface area contributed by atoms with E-state index in [1.54, 1.807) is 19.2 Å². The molecule has 0 radical (unpaired) electrons. The van der Waals surface area contributed by atoms with Gasteiger partial charge in [0.15, 0.2) is 0 Å². The Morgan fingerprint density at radius 1 is 1.32 bits per heavy atom. The van der Waals surface area contributed by atoms with E-state index < -0.39 is 0 Å². The predicted octanol–water partition coefficient (Wildman–Crippen LogP) is 1.79. The largest absolute Gasteiger partial charge is 0.337 e. The first-order chi connectivity index (χ1) is 9.06. The van der Waals surface area contributed by atoms with Crippen LogP contribution in [0.2, 0.25) is 0 Å². The molecule has 5 heteroatoms. The first kappa shape index (κ1) is 13.0. The Balaban J connectivity index is 2.14. The third-order valence-corrected chi connectivity index (χ3v) is 2.68. The zero-order valence-electron chi connectivity index (χ0n) is 10.4. The molecule has 1 amide bonds. The smallest absolute Gasteiger partial charge is 0.254 e. The molecule has 1 aromatic heterocycles. The summed E-state index contributed by atoms with van der Waals surface area (Å²) < 4.78 is 13.0. The van der Waals surface area contributed by atoms with E-state index in [-0.39, 0.29) is 23.8 Å². The molecule has 0 atom stereocenters. The highest BCUT2D eigenvalue weighted by atomic mass is 19.1. The van der Waals surface area contributed by atoms with Gasteiger partial charge in [-0.2, -0.15) is 0 Å². The predicted molar refractivity (Wildman–Crippen MR) is 69.3 cm³/mol. The van der Waals surface area contributed by atoms with Crippen molar-refractivity contribution in [2.75, 3.05) is 7.05 Å². The molecule has 0 saturated heterocycles. The Hall–Kier alpha value is -2.43. The van der Waals surface area contributed by atoms with Crippen molar-refractivity contribution in [1.29, 1.82) is 0 Å². The van der Waals surface area contributed by atoms with Gasteiger partial charge in [-0.15, -0.1) is 0 Å². The van der Waals surface area contributed by atoms with Crippen LogP contribution in [-0.2, 0) is 6.54 Å². The van der Waals surface area contributed by atoms with Crippen LogP contribution in [0.4, 0.5) is 4.39 Å². The third-order valence-electron chi connectivity index (χ3n) is 2.68. The van der Waals surface area contributed by atoms with Crippen LogP contribution < -0.4 is 5.56 Å². The Morgan fingerprint density at radius 3 is 2.79 bits per heavy atom. The van der Waals surface area contributed by atoms with Gasteiger partial charge in [0.05, 0.1) is 0 Å². The van der Waals surface area contributed by atoms with Gasteiger partial charge < -0.3 is 9.88 Å². The molecule has 98 valence electrons. The van der Waals surface area contributed by atoms with Crippen LogP contribution in [0.15, 0.2) is 47.4 Å². The number of rotatable bonds is 3. The van der Waals surface area contributed by atoms with Crippen molar-refractivity contribution in [3.8, 4) is 0 Å². The molecular formula is C14H13FN2O2. The summed E-state index contributed by atoms with van der Waals surface area (Å²) in [5.74, 6) is -0.620. The van der Waals surface area contributed by atoms with Crippen LogP contribution in [-0.4, -0.2) is 22.8 Å². The molecule has 19 heavy (non-hydrogen) atoms. The second-order valence-electron chi connectivity index (χ2n) is 4.23. The summed E-state index contributed by atoms with van der Waals surface area (Å²) >= 11 is 0. The number of hydrogen-bond donors (Lipinski definition) is 1. The zero-order chi connectivity index (χ0) is 13.8. The molecule has 0 bridgehead atoms. The Bertz CT molecular complexity index is 652. The van der Waals surface area contributed by atoms with Crippen LogP contribution in [0.25, 0.3) is 0 Å². The molecule has 4 nitrogen and oxygen atoms in total. The number of carbonyl (C=O) groups is 1. The van der Waals surface area contributed by atoms with Crippen molar-refractivity contribution < 1.29 is 9.18 Å². The average Bonchev–Trinajstić information content (AvgIpc) is 2.38. The number of carbonyl (C=O) groups excluding carboxylic acids is 1. The Kier molecular flexibility index (Phi) is 3.75. The number of amides is 1. The van der Waals surface area contributed by atoms with Gasteiger partial charge in [-0.05, 0) is 23.8 Å². The molecule has 0 aliphatic carbocycles. The highest BCUT2D eigenvalue weighted by Gasteiger charge is 2.12. The lowest BCUT2D eigenvalue weighted by Crippen LogP contribution is -2.27. The van der Waals surface area contributed by atoms with Gasteiger partial charge in [0.2, 0.25) is 5.56 Å². The van der Waals surface area contributed by atoms with Gasteiger partial charge in [0, 0.05) is 31.4 Å². The van der Waals surface area contributed by atoms with Crippen LogP contribution >= 0.6 is 0 Å². The molecule has 0 spiro atoms.